The van der Waals surface area contributed by atoms with E-state index in [9.17, 15) is 0 Å². The number of hydrogen-bond donors (Lipinski definition) is 1. The lowest BCUT2D eigenvalue weighted by Gasteiger charge is -2.39. The molecule has 0 saturated heterocycles. The zero-order chi connectivity index (χ0) is 11.0. The minimum absolute atomic E-state index is 0.646. The number of hydrogen-bond acceptors (Lipinski definition) is 2. The van der Waals surface area contributed by atoms with Gasteiger partial charge >= 0.3 is 0 Å². The first-order valence-corrected chi connectivity index (χ1v) is 6.46. The average Bonchev–Trinajstić information content (AvgIpc) is 3.07. The van der Waals surface area contributed by atoms with Gasteiger partial charge in [-0.05, 0) is 49.8 Å². The van der Waals surface area contributed by atoms with Crippen LogP contribution in [0.5, 0.6) is 0 Å². The van der Waals surface area contributed by atoms with Gasteiger partial charge in [0.2, 0.25) is 0 Å². The summed E-state index contributed by atoms with van der Waals surface area (Å²) in [6, 6.07) is 10.5. The molecule has 0 aliphatic heterocycles. The van der Waals surface area contributed by atoms with Gasteiger partial charge in [0.15, 0.2) is 0 Å². The third kappa shape index (κ3) is 1.82. The molecule has 2 saturated carbocycles. The van der Waals surface area contributed by atoms with Gasteiger partial charge in [-0.3, -0.25) is 0 Å². The maximum atomic E-state index is 5.63. The van der Waals surface area contributed by atoms with Crippen LogP contribution in [0.2, 0.25) is 0 Å². The first-order valence-electron chi connectivity index (χ1n) is 6.46. The van der Waals surface area contributed by atoms with E-state index in [4.69, 9.17) is 5.73 Å². The number of anilines is 1. The summed E-state index contributed by atoms with van der Waals surface area (Å²) < 4.78 is 0. The average molecular weight is 216 g/mol. The topological polar surface area (TPSA) is 29.3 Å². The van der Waals surface area contributed by atoms with E-state index < -0.39 is 0 Å². The Bertz CT molecular complexity index is 350. The highest BCUT2D eigenvalue weighted by Crippen LogP contribution is 2.39. The highest BCUT2D eigenvalue weighted by molar-refractivity contribution is 5.51. The van der Waals surface area contributed by atoms with E-state index >= 15 is 0 Å². The molecule has 0 aromatic heterocycles. The minimum Gasteiger partial charge on any atom is -0.366 e. The van der Waals surface area contributed by atoms with E-state index in [-0.39, 0.29) is 0 Å². The van der Waals surface area contributed by atoms with Crippen LogP contribution in [0.1, 0.15) is 37.7 Å². The summed E-state index contributed by atoms with van der Waals surface area (Å²) in [5.74, 6) is 0. The molecule has 2 fully saturated rings. The third-order valence-corrected chi connectivity index (χ3v) is 3.88. The second kappa shape index (κ2) is 4.10. The largest absolute Gasteiger partial charge is 0.366 e. The Balaban J connectivity index is 1.80. The van der Waals surface area contributed by atoms with Crippen molar-refractivity contribution in [3.8, 4) is 0 Å². The predicted octanol–water partition coefficient (Wildman–Crippen LogP) is 2.67. The fourth-order valence-electron chi connectivity index (χ4n) is 2.54. The van der Waals surface area contributed by atoms with Crippen LogP contribution in [0.3, 0.4) is 0 Å². The molecule has 2 heteroatoms. The fraction of sp³-hybridized carbons (Fsp3) is 0.571. The van der Waals surface area contributed by atoms with Crippen LogP contribution < -0.4 is 10.6 Å². The van der Waals surface area contributed by atoms with E-state index in [1.54, 1.807) is 0 Å². The number of benzene rings is 1. The van der Waals surface area contributed by atoms with Gasteiger partial charge in [-0.15, -0.1) is 0 Å². The van der Waals surface area contributed by atoms with Crippen molar-refractivity contribution in [2.24, 2.45) is 5.73 Å². The normalized spacial score (nSPS) is 20.6. The Hall–Kier alpha value is -1.02. The molecule has 0 amide bonds. The van der Waals surface area contributed by atoms with Crippen molar-refractivity contribution in [3.05, 3.63) is 29.8 Å². The quantitative estimate of drug-likeness (QED) is 0.838. The molecular formula is C14H20N2. The van der Waals surface area contributed by atoms with Gasteiger partial charge in [0, 0.05) is 24.3 Å². The smallest absolute Gasteiger partial charge is 0.0371 e. The monoisotopic (exact) mass is 216 g/mol. The molecule has 2 N–H and O–H groups in total. The molecule has 0 heterocycles. The predicted molar refractivity (Wildman–Crippen MR) is 67.5 cm³/mol. The summed E-state index contributed by atoms with van der Waals surface area (Å²) in [7, 11) is 0. The van der Waals surface area contributed by atoms with Crippen molar-refractivity contribution in [2.75, 3.05) is 4.90 Å². The minimum atomic E-state index is 0.646. The number of rotatable bonds is 4. The van der Waals surface area contributed by atoms with Crippen molar-refractivity contribution in [3.63, 3.8) is 0 Å². The molecule has 2 aliphatic carbocycles. The van der Waals surface area contributed by atoms with Crippen LogP contribution in [0.25, 0.3) is 0 Å². The van der Waals surface area contributed by atoms with Crippen molar-refractivity contribution in [1.29, 1.82) is 0 Å². The Labute approximate surface area is 97.4 Å². The van der Waals surface area contributed by atoms with Gasteiger partial charge in [-0.2, -0.15) is 0 Å². The summed E-state index contributed by atoms with van der Waals surface area (Å²) in [6.45, 7) is 0.646. The Kier molecular flexibility index (Phi) is 2.60. The van der Waals surface area contributed by atoms with E-state index in [0.29, 0.717) is 6.54 Å². The second-order valence-corrected chi connectivity index (χ2v) is 5.09. The van der Waals surface area contributed by atoms with E-state index in [0.717, 1.165) is 12.1 Å². The van der Waals surface area contributed by atoms with Crippen molar-refractivity contribution in [1.82, 2.24) is 0 Å². The molecule has 2 nitrogen and oxygen atoms in total. The maximum Gasteiger partial charge on any atom is 0.0371 e. The summed E-state index contributed by atoms with van der Waals surface area (Å²) in [5.41, 5.74) is 8.27. The van der Waals surface area contributed by atoms with Crippen LogP contribution in [-0.2, 0) is 6.54 Å². The summed E-state index contributed by atoms with van der Waals surface area (Å²) in [5, 5.41) is 0. The molecule has 0 bridgehead atoms. The molecule has 2 aliphatic rings. The molecule has 3 rings (SSSR count). The fourth-order valence-corrected chi connectivity index (χ4v) is 2.54. The molecule has 0 radical (unpaired) electrons. The van der Waals surface area contributed by atoms with Crippen LogP contribution in [0.15, 0.2) is 24.3 Å². The number of nitrogens with zero attached hydrogens (tertiary/aromatic N) is 1. The molecule has 1 aromatic carbocycles. The van der Waals surface area contributed by atoms with Gasteiger partial charge in [-0.1, -0.05) is 12.1 Å². The van der Waals surface area contributed by atoms with Gasteiger partial charge in [0.05, 0.1) is 0 Å². The SMILES string of the molecule is NCc1ccc(N(C2CCC2)C2CC2)cc1. The third-order valence-electron chi connectivity index (χ3n) is 3.88. The van der Waals surface area contributed by atoms with Gasteiger partial charge < -0.3 is 10.6 Å². The van der Waals surface area contributed by atoms with E-state index in [2.05, 4.69) is 29.2 Å². The van der Waals surface area contributed by atoms with Crippen LogP contribution >= 0.6 is 0 Å². The Morgan fingerprint density at radius 1 is 1.00 bits per heavy atom. The molecule has 0 unspecified atom stereocenters. The highest BCUT2D eigenvalue weighted by atomic mass is 15.2. The van der Waals surface area contributed by atoms with E-state index in [1.165, 1.54) is 43.4 Å². The van der Waals surface area contributed by atoms with Gasteiger partial charge in [0.1, 0.15) is 0 Å². The van der Waals surface area contributed by atoms with Gasteiger partial charge in [0.25, 0.3) is 0 Å². The zero-order valence-corrected chi connectivity index (χ0v) is 9.73. The zero-order valence-electron chi connectivity index (χ0n) is 9.73. The lowest BCUT2D eigenvalue weighted by molar-refractivity contribution is 0.384. The second-order valence-electron chi connectivity index (χ2n) is 5.09. The summed E-state index contributed by atoms with van der Waals surface area (Å²) in [4.78, 5) is 2.66. The molecule has 1 aromatic rings. The molecule has 0 spiro atoms. The highest BCUT2D eigenvalue weighted by Gasteiger charge is 2.36. The molecule has 0 atom stereocenters. The van der Waals surface area contributed by atoms with Crippen LogP contribution in [-0.4, -0.2) is 12.1 Å². The summed E-state index contributed by atoms with van der Waals surface area (Å²) >= 11 is 0. The molecule has 86 valence electrons. The van der Waals surface area contributed by atoms with Crippen molar-refractivity contribution < 1.29 is 0 Å². The molecular weight excluding hydrogens is 196 g/mol. The standard InChI is InChI=1S/C14H20N2/c15-10-11-4-6-13(7-5-11)16(14-8-9-14)12-2-1-3-12/h4-7,12,14H,1-3,8-10,15H2. The molecule has 16 heavy (non-hydrogen) atoms. The van der Waals surface area contributed by atoms with Crippen molar-refractivity contribution in [2.45, 2.75) is 50.7 Å². The Morgan fingerprint density at radius 3 is 2.06 bits per heavy atom. The van der Waals surface area contributed by atoms with Crippen LogP contribution in [0, 0.1) is 0 Å². The lowest BCUT2D eigenvalue weighted by Crippen LogP contribution is -2.41. The van der Waals surface area contributed by atoms with Crippen molar-refractivity contribution >= 4 is 5.69 Å². The summed E-state index contributed by atoms with van der Waals surface area (Å²) in [6.07, 6.45) is 6.95. The number of nitrogens with two attached hydrogens (primary N) is 1. The van der Waals surface area contributed by atoms with Crippen LogP contribution in [0.4, 0.5) is 5.69 Å². The first kappa shape index (κ1) is 10.2. The van der Waals surface area contributed by atoms with Gasteiger partial charge in [-0.25, -0.2) is 0 Å². The Morgan fingerprint density at radius 2 is 1.62 bits per heavy atom. The first-order chi connectivity index (χ1) is 7.88. The maximum absolute atomic E-state index is 5.63. The lowest BCUT2D eigenvalue weighted by atomic mass is 9.90. The van der Waals surface area contributed by atoms with E-state index in [1.807, 2.05) is 0 Å².